The Kier molecular flexibility index (Phi) is 6.41. The molecule has 0 aromatic carbocycles. The molecule has 3 heterocycles. The van der Waals surface area contributed by atoms with Crippen LogP contribution in [0.3, 0.4) is 0 Å². The van der Waals surface area contributed by atoms with Gasteiger partial charge in [-0.3, -0.25) is 4.79 Å². The SMILES string of the molecule is CCOC(=O)c1ccc(S(=O)(=O)N2CCC(C(=O)N3CCN(C)CC3)CC2)o1. The van der Waals surface area contributed by atoms with Crippen molar-refractivity contribution in [3.05, 3.63) is 17.9 Å². The molecule has 0 unspecified atom stereocenters. The summed E-state index contributed by atoms with van der Waals surface area (Å²) in [6.07, 6.45) is 0.964. The zero-order chi connectivity index (χ0) is 20.3. The summed E-state index contributed by atoms with van der Waals surface area (Å²) in [7, 11) is -1.81. The zero-order valence-electron chi connectivity index (χ0n) is 16.3. The molecular weight excluding hydrogens is 386 g/mol. The van der Waals surface area contributed by atoms with Crippen molar-refractivity contribution in [3.8, 4) is 0 Å². The van der Waals surface area contributed by atoms with Crippen LogP contribution in [0.4, 0.5) is 0 Å². The molecule has 9 nitrogen and oxygen atoms in total. The molecule has 0 radical (unpaired) electrons. The molecule has 1 amide bonds. The van der Waals surface area contributed by atoms with Crippen LogP contribution in [0.5, 0.6) is 0 Å². The number of likely N-dealkylation sites (N-methyl/N-ethyl adjacent to an activating group) is 1. The molecule has 10 heteroatoms. The summed E-state index contributed by atoms with van der Waals surface area (Å²) in [5.74, 6) is -0.865. The summed E-state index contributed by atoms with van der Waals surface area (Å²) in [6.45, 7) is 5.50. The summed E-state index contributed by atoms with van der Waals surface area (Å²) < 4.78 is 36.9. The van der Waals surface area contributed by atoms with Gasteiger partial charge in [-0.15, -0.1) is 0 Å². The van der Waals surface area contributed by atoms with E-state index < -0.39 is 16.0 Å². The van der Waals surface area contributed by atoms with Gasteiger partial charge in [-0.25, -0.2) is 13.2 Å². The lowest BCUT2D eigenvalue weighted by molar-refractivity contribution is -0.138. The van der Waals surface area contributed by atoms with E-state index in [4.69, 9.17) is 9.15 Å². The zero-order valence-corrected chi connectivity index (χ0v) is 17.1. The predicted octanol–water partition coefficient (Wildman–Crippen LogP) is 0.631. The third-order valence-corrected chi connectivity index (χ3v) is 7.04. The van der Waals surface area contributed by atoms with Gasteiger partial charge in [-0.2, -0.15) is 4.31 Å². The number of nitrogens with zero attached hydrogens (tertiary/aromatic N) is 3. The standard InChI is InChI=1S/C18H27N3O6S/c1-3-26-18(23)15-4-5-16(27-15)28(24,25)21-8-6-14(7-9-21)17(22)20-12-10-19(2)11-13-20/h4-5,14H,3,6-13H2,1-2H3. The maximum atomic E-state index is 12.8. The van der Waals surface area contributed by atoms with E-state index in [1.165, 1.54) is 16.4 Å². The van der Waals surface area contributed by atoms with E-state index in [2.05, 4.69) is 4.90 Å². The molecule has 2 aliphatic rings. The Morgan fingerprint density at radius 2 is 1.75 bits per heavy atom. The molecule has 0 aliphatic carbocycles. The third kappa shape index (κ3) is 4.39. The molecule has 2 saturated heterocycles. The normalized spacial score (nSPS) is 20.3. The smallest absolute Gasteiger partial charge is 0.374 e. The molecule has 2 fully saturated rings. The van der Waals surface area contributed by atoms with Crippen molar-refractivity contribution in [2.75, 3.05) is 52.9 Å². The highest BCUT2D eigenvalue weighted by Gasteiger charge is 2.36. The number of carbonyl (C=O) groups is 2. The highest BCUT2D eigenvalue weighted by Crippen LogP contribution is 2.26. The van der Waals surface area contributed by atoms with Gasteiger partial charge in [0, 0.05) is 45.2 Å². The largest absolute Gasteiger partial charge is 0.460 e. The minimum Gasteiger partial charge on any atom is -0.460 e. The van der Waals surface area contributed by atoms with Gasteiger partial charge in [-0.05, 0) is 38.9 Å². The number of sulfonamides is 1. The van der Waals surface area contributed by atoms with Crippen LogP contribution >= 0.6 is 0 Å². The van der Waals surface area contributed by atoms with Crippen LogP contribution < -0.4 is 0 Å². The fraction of sp³-hybridized carbons (Fsp3) is 0.667. The number of rotatable bonds is 5. The van der Waals surface area contributed by atoms with Gasteiger partial charge in [0.05, 0.1) is 6.61 Å². The number of piperazine rings is 1. The first-order chi connectivity index (χ1) is 13.3. The molecule has 0 spiro atoms. The van der Waals surface area contributed by atoms with Crippen molar-refractivity contribution in [1.29, 1.82) is 0 Å². The van der Waals surface area contributed by atoms with E-state index in [1.807, 2.05) is 11.9 Å². The van der Waals surface area contributed by atoms with Gasteiger partial charge < -0.3 is 19.0 Å². The third-order valence-electron chi connectivity index (χ3n) is 5.27. The Bertz CT molecular complexity index is 805. The Balaban J connectivity index is 1.59. The van der Waals surface area contributed by atoms with Crippen molar-refractivity contribution in [3.63, 3.8) is 0 Å². The van der Waals surface area contributed by atoms with E-state index in [9.17, 15) is 18.0 Å². The number of furan rings is 1. The van der Waals surface area contributed by atoms with Crippen molar-refractivity contribution in [1.82, 2.24) is 14.1 Å². The van der Waals surface area contributed by atoms with E-state index in [0.29, 0.717) is 12.8 Å². The maximum Gasteiger partial charge on any atom is 0.374 e. The second kappa shape index (κ2) is 8.62. The van der Waals surface area contributed by atoms with Gasteiger partial charge in [0.1, 0.15) is 0 Å². The minimum atomic E-state index is -3.84. The monoisotopic (exact) mass is 413 g/mol. The molecule has 0 N–H and O–H groups in total. The molecule has 1 aromatic rings. The maximum absolute atomic E-state index is 12.8. The Hall–Kier alpha value is -1.91. The fourth-order valence-corrected chi connectivity index (χ4v) is 4.91. The number of ether oxygens (including phenoxy) is 1. The number of amides is 1. The first kappa shape index (κ1) is 20.8. The first-order valence-electron chi connectivity index (χ1n) is 9.57. The summed E-state index contributed by atoms with van der Waals surface area (Å²) in [4.78, 5) is 28.4. The Morgan fingerprint density at radius 3 is 2.36 bits per heavy atom. The molecule has 0 saturated carbocycles. The van der Waals surface area contributed by atoms with Crippen LogP contribution in [0.2, 0.25) is 0 Å². The molecule has 3 rings (SSSR count). The number of carbonyl (C=O) groups excluding carboxylic acids is 2. The van der Waals surface area contributed by atoms with Crippen molar-refractivity contribution >= 4 is 21.9 Å². The van der Waals surface area contributed by atoms with Crippen LogP contribution in [0.15, 0.2) is 21.6 Å². The van der Waals surface area contributed by atoms with E-state index in [1.54, 1.807) is 6.92 Å². The fourth-order valence-electron chi connectivity index (χ4n) is 3.53. The van der Waals surface area contributed by atoms with E-state index in [-0.39, 0.29) is 42.4 Å². The van der Waals surface area contributed by atoms with Crippen LogP contribution in [0, 0.1) is 5.92 Å². The second-order valence-electron chi connectivity index (χ2n) is 7.15. The minimum absolute atomic E-state index is 0.118. The first-order valence-corrected chi connectivity index (χ1v) is 11.0. The second-order valence-corrected chi connectivity index (χ2v) is 9.01. The van der Waals surface area contributed by atoms with E-state index >= 15 is 0 Å². The van der Waals surface area contributed by atoms with Gasteiger partial charge in [0.25, 0.3) is 10.0 Å². The van der Waals surface area contributed by atoms with Crippen LogP contribution in [0.1, 0.15) is 30.3 Å². The summed E-state index contributed by atoms with van der Waals surface area (Å²) in [5.41, 5.74) is 0. The summed E-state index contributed by atoms with van der Waals surface area (Å²) >= 11 is 0. The number of piperidine rings is 1. The van der Waals surface area contributed by atoms with Crippen LogP contribution in [-0.2, 0) is 19.6 Å². The van der Waals surface area contributed by atoms with E-state index in [0.717, 1.165) is 26.2 Å². The molecule has 0 atom stereocenters. The van der Waals surface area contributed by atoms with Gasteiger partial charge in [0.2, 0.25) is 16.8 Å². The molecular formula is C18H27N3O6S. The summed E-state index contributed by atoms with van der Waals surface area (Å²) in [5, 5.41) is -0.278. The van der Waals surface area contributed by atoms with Gasteiger partial charge in [-0.1, -0.05) is 0 Å². The topological polar surface area (TPSA) is 100 Å². The predicted molar refractivity (Wildman–Crippen MR) is 100 cm³/mol. The lowest BCUT2D eigenvalue weighted by Crippen LogP contribution is -2.50. The molecule has 28 heavy (non-hydrogen) atoms. The average molecular weight is 413 g/mol. The highest BCUT2D eigenvalue weighted by atomic mass is 32.2. The average Bonchev–Trinajstić information content (AvgIpc) is 3.20. The van der Waals surface area contributed by atoms with Crippen molar-refractivity contribution < 1.29 is 27.2 Å². The van der Waals surface area contributed by atoms with Crippen molar-refractivity contribution in [2.24, 2.45) is 5.92 Å². The number of hydrogen-bond donors (Lipinski definition) is 0. The molecule has 156 valence electrons. The Labute approximate surface area is 165 Å². The molecule has 0 bridgehead atoms. The number of esters is 1. The van der Waals surface area contributed by atoms with Crippen LogP contribution in [-0.4, -0.2) is 87.3 Å². The number of hydrogen-bond acceptors (Lipinski definition) is 7. The van der Waals surface area contributed by atoms with Gasteiger partial charge in [0.15, 0.2) is 0 Å². The van der Waals surface area contributed by atoms with Gasteiger partial charge >= 0.3 is 5.97 Å². The molecule has 1 aromatic heterocycles. The highest BCUT2D eigenvalue weighted by molar-refractivity contribution is 7.89. The van der Waals surface area contributed by atoms with Crippen molar-refractivity contribution in [2.45, 2.75) is 24.9 Å². The summed E-state index contributed by atoms with van der Waals surface area (Å²) in [6, 6.07) is 2.57. The van der Waals surface area contributed by atoms with Crippen LogP contribution in [0.25, 0.3) is 0 Å². The molecule has 2 aliphatic heterocycles. The Morgan fingerprint density at radius 1 is 1.11 bits per heavy atom. The lowest BCUT2D eigenvalue weighted by Gasteiger charge is -2.37. The quantitative estimate of drug-likeness (QED) is 0.653. The lowest BCUT2D eigenvalue weighted by atomic mass is 9.96.